The highest BCUT2D eigenvalue weighted by Crippen LogP contribution is 2.30. The van der Waals surface area contributed by atoms with Crippen LogP contribution in [0.5, 0.6) is 0 Å². The van der Waals surface area contributed by atoms with Crippen molar-refractivity contribution in [2.45, 2.75) is 26.2 Å². The Balaban J connectivity index is 1.98. The van der Waals surface area contributed by atoms with Crippen molar-refractivity contribution in [1.29, 1.82) is 0 Å². The minimum atomic E-state index is -0.147. The molecule has 0 spiro atoms. The summed E-state index contributed by atoms with van der Waals surface area (Å²) < 4.78 is 1.76. The number of rotatable bonds is 5. The molecule has 2 aromatic rings. The van der Waals surface area contributed by atoms with E-state index >= 15 is 0 Å². The number of H-pyrrole nitrogens is 1. The van der Waals surface area contributed by atoms with Crippen molar-refractivity contribution in [2.75, 3.05) is 13.1 Å². The van der Waals surface area contributed by atoms with Crippen molar-refractivity contribution in [1.82, 2.24) is 14.5 Å². The number of aromatic nitrogens is 2. The first kappa shape index (κ1) is 15.9. The highest BCUT2D eigenvalue weighted by atomic mass is 32.1. The van der Waals surface area contributed by atoms with Gasteiger partial charge in [0.25, 0.3) is 11.5 Å². The van der Waals surface area contributed by atoms with E-state index in [4.69, 9.17) is 12.2 Å². The molecule has 1 aliphatic carbocycles. The van der Waals surface area contributed by atoms with Crippen molar-refractivity contribution in [3.8, 4) is 0 Å². The number of amides is 1. The molecule has 3 rings (SSSR count). The van der Waals surface area contributed by atoms with Gasteiger partial charge in [0.15, 0.2) is 4.77 Å². The van der Waals surface area contributed by atoms with Gasteiger partial charge < -0.3 is 9.88 Å². The van der Waals surface area contributed by atoms with Gasteiger partial charge in [-0.3, -0.25) is 14.2 Å². The maximum atomic E-state index is 12.8. The van der Waals surface area contributed by atoms with Crippen molar-refractivity contribution < 1.29 is 4.79 Å². The van der Waals surface area contributed by atoms with E-state index in [1.165, 1.54) is 17.4 Å². The van der Waals surface area contributed by atoms with E-state index in [-0.39, 0.29) is 11.5 Å². The van der Waals surface area contributed by atoms with Gasteiger partial charge in [0.1, 0.15) is 0 Å². The molecule has 1 fully saturated rings. The predicted octanol–water partition coefficient (Wildman–Crippen LogP) is 2.86. The van der Waals surface area contributed by atoms with Crippen LogP contribution in [0.25, 0.3) is 10.9 Å². The van der Waals surface area contributed by atoms with Gasteiger partial charge in [0.2, 0.25) is 0 Å². The van der Waals surface area contributed by atoms with E-state index in [1.54, 1.807) is 25.2 Å². The van der Waals surface area contributed by atoms with Crippen molar-refractivity contribution in [3.63, 3.8) is 0 Å². The summed E-state index contributed by atoms with van der Waals surface area (Å²) in [6, 6.07) is 5.18. The molecule has 5 nitrogen and oxygen atoms in total. The molecular weight excluding hydrogens is 310 g/mol. The normalized spacial score (nSPS) is 14.2. The van der Waals surface area contributed by atoms with E-state index in [9.17, 15) is 9.59 Å². The number of carbonyl (C=O) groups is 1. The predicted molar refractivity (Wildman–Crippen MR) is 93.3 cm³/mol. The number of aromatic amines is 1. The average molecular weight is 331 g/mol. The Morgan fingerprint density at radius 2 is 2.17 bits per heavy atom. The molecule has 1 amide bonds. The lowest BCUT2D eigenvalue weighted by molar-refractivity contribution is 0.0748. The van der Waals surface area contributed by atoms with Crippen LogP contribution in [-0.4, -0.2) is 33.4 Å². The van der Waals surface area contributed by atoms with Gasteiger partial charge in [-0.2, -0.15) is 0 Å². The van der Waals surface area contributed by atoms with Crippen LogP contribution < -0.4 is 5.56 Å². The number of nitrogens with one attached hydrogen (secondary N) is 1. The first-order valence-electron chi connectivity index (χ1n) is 8.03. The first-order valence-corrected chi connectivity index (χ1v) is 8.44. The Hall–Kier alpha value is -1.95. The second-order valence-electron chi connectivity index (χ2n) is 6.25. The fourth-order valence-corrected chi connectivity index (χ4v) is 2.97. The Labute approximate surface area is 139 Å². The smallest absolute Gasteiger partial charge is 0.261 e. The second kappa shape index (κ2) is 6.28. The van der Waals surface area contributed by atoms with Gasteiger partial charge in [0, 0.05) is 25.7 Å². The zero-order valence-electron chi connectivity index (χ0n) is 13.5. The third-order valence-corrected chi connectivity index (χ3v) is 4.68. The molecule has 0 unspecified atom stereocenters. The summed E-state index contributed by atoms with van der Waals surface area (Å²) in [5.41, 5.74) is 1.07. The highest BCUT2D eigenvalue weighted by Gasteiger charge is 2.27. The lowest BCUT2D eigenvalue weighted by Gasteiger charge is -2.22. The summed E-state index contributed by atoms with van der Waals surface area (Å²) in [6.45, 7) is 3.67. The minimum absolute atomic E-state index is 0.0284. The van der Waals surface area contributed by atoms with Gasteiger partial charge in [-0.25, -0.2) is 0 Å². The summed E-state index contributed by atoms with van der Waals surface area (Å²) >= 11 is 5.15. The van der Waals surface area contributed by atoms with Crippen LogP contribution in [0.4, 0.5) is 0 Å². The van der Waals surface area contributed by atoms with Crippen LogP contribution in [0.2, 0.25) is 0 Å². The van der Waals surface area contributed by atoms with E-state index in [2.05, 4.69) is 11.9 Å². The number of nitrogens with zero attached hydrogens (tertiary/aromatic N) is 2. The van der Waals surface area contributed by atoms with Crippen LogP contribution in [0, 0.1) is 10.7 Å². The number of fused-ring (bicyclic) bond motifs is 1. The van der Waals surface area contributed by atoms with Crippen LogP contribution >= 0.6 is 12.2 Å². The SMILES string of the molecule is CCCN(CC1CC1)C(=O)c1ccc2c(=O)n(C)c(=S)[nH]c2c1. The molecule has 1 aliphatic rings. The molecular formula is C17H21N3O2S. The maximum Gasteiger partial charge on any atom is 0.261 e. The summed E-state index contributed by atoms with van der Waals surface area (Å²) in [7, 11) is 1.64. The summed E-state index contributed by atoms with van der Waals surface area (Å²) in [4.78, 5) is 29.9. The van der Waals surface area contributed by atoms with Gasteiger partial charge >= 0.3 is 0 Å². The molecule has 0 radical (unpaired) electrons. The van der Waals surface area contributed by atoms with Crippen LogP contribution in [-0.2, 0) is 7.05 Å². The summed E-state index contributed by atoms with van der Waals surface area (Å²) in [6.07, 6.45) is 3.37. The minimum Gasteiger partial charge on any atom is -0.338 e. The quantitative estimate of drug-likeness (QED) is 0.857. The van der Waals surface area contributed by atoms with E-state index in [0.29, 0.717) is 27.2 Å². The summed E-state index contributed by atoms with van der Waals surface area (Å²) in [5, 5.41) is 0.543. The van der Waals surface area contributed by atoms with Crippen molar-refractivity contribution in [3.05, 3.63) is 38.9 Å². The molecule has 0 atom stereocenters. The highest BCUT2D eigenvalue weighted by molar-refractivity contribution is 7.71. The molecule has 0 aliphatic heterocycles. The third-order valence-electron chi connectivity index (χ3n) is 4.30. The molecule has 23 heavy (non-hydrogen) atoms. The molecule has 6 heteroatoms. The largest absolute Gasteiger partial charge is 0.338 e. The Morgan fingerprint density at radius 3 is 2.83 bits per heavy atom. The van der Waals surface area contributed by atoms with Crippen molar-refractivity contribution >= 4 is 29.0 Å². The summed E-state index contributed by atoms with van der Waals surface area (Å²) in [5.74, 6) is 0.685. The zero-order chi connectivity index (χ0) is 16.6. The molecule has 1 saturated carbocycles. The molecule has 0 bridgehead atoms. The Morgan fingerprint density at radius 1 is 1.43 bits per heavy atom. The second-order valence-corrected chi connectivity index (χ2v) is 6.64. The van der Waals surface area contributed by atoms with Gasteiger partial charge in [0.05, 0.1) is 10.9 Å². The zero-order valence-corrected chi connectivity index (χ0v) is 14.3. The van der Waals surface area contributed by atoms with E-state index in [1.807, 2.05) is 4.90 Å². The molecule has 1 heterocycles. The van der Waals surface area contributed by atoms with Crippen LogP contribution in [0.1, 0.15) is 36.5 Å². The van der Waals surface area contributed by atoms with E-state index < -0.39 is 0 Å². The van der Waals surface area contributed by atoms with Crippen molar-refractivity contribution in [2.24, 2.45) is 13.0 Å². The average Bonchev–Trinajstić information content (AvgIpc) is 3.35. The monoisotopic (exact) mass is 331 g/mol. The Kier molecular flexibility index (Phi) is 4.35. The lowest BCUT2D eigenvalue weighted by atomic mass is 10.1. The lowest BCUT2D eigenvalue weighted by Crippen LogP contribution is -2.33. The van der Waals surface area contributed by atoms with Crippen LogP contribution in [0.3, 0.4) is 0 Å². The standard InChI is InChI=1S/C17H21N3O2S/c1-3-8-20(10-11-4-5-11)15(21)12-6-7-13-14(9-12)18-17(23)19(2)16(13)22/h6-7,9,11H,3-5,8,10H2,1-2H3,(H,18,23). The molecule has 1 aromatic heterocycles. The molecule has 1 N–H and O–H groups in total. The fraction of sp³-hybridized carbons (Fsp3) is 0.471. The van der Waals surface area contributed by atoms with E-state index in [0.717, 1.165) is 19.5 Å². The topological polar surface area (TPSA) is 58.1 Å². The fourth-order valence-electron chi connectivity index (χ4n) is 2.78. The number of benzene rings is 1. The number of hydrogen-bond acceptors (Lipinski definition) is 3. The van der Waals surface area contributed by atoms with Crippen LogP contribution in [0.15, 0.2) is 23.0 Å². The van der Waals surface area contributed by atoms with Gasteiger partial charge in [-0.05, 0) is 55.6 Å². The van der Waals surface area contributed by atoms with Gasteiger partial charge in [-0.1, -0.05) is 6.92 Å². The first-order chi connectivity index (χ1) is 11.0. The number of carbonyl (C=O) groups excluding carboxylic acids is 1. The van der Waals surface area contributed by atoms with Gasteiger partial charge in [-0.15, -0.1) is 0 Å². The maximum absolute atomic E-state index is 12.8. The Bertz CT molecular complexity index is 864. The molecule has 122 valence electrons. The third kappa shape index (κ3) is 3.22. The molecule has 1 aromatic carbocycles. The number of hydrogen-bond donors (Lipinski definition) is 1. The molecule has 0 saturated heterocycles.